The molecular weight excluding hydrogens is 274 g/mol. The standard InChI is InChI=1S/C13H17N5O3/c1-3-9-4-8(5-10(15-9)17-14)13(21)18-6-11(19)16-12(20)7(18)2/h4-5,7H,3,6,14H2,1-2H3,(H,15,17)(H,16,19,20). The number of nitrogens with zero attached hydrogens (tertiary/aromatic N) is 2. The Kier molecular flexibility index (Phi) is 4.18. The number of aryl methyl sites for hydroxylation is 1. The normalized spacial score (nSPS) is 18.4. The average Bonchev–Trinajstić information content (AvgIpc) is 2.49. The Morgan fingerprint density at radius 2 is 2.24 bits per heavy atom. The predicted octanol–water partition coefficient (Wildman–Crippen LogP) is -0.583. The highest BCUT2D eigenvalue weighted by atomic mass is 16.2. The maximum Gasteiger partial charge on any atom is 0.255 e. The van der Waals surface area contributed by atoms with E-state index in [1.165, 1.54) is 11.0 Å². The molecule has 0 radical (unpaired) electrons. The molecule has 2 rings (SSSR count). The molecule has 0 saturated carbocycles. The van der Waals surface area contributed by atoms with E-state index >= 15 is 0 Å². The van der Waals surface area contributed by atoms with Crippen LogP contribution in [0.5, 0.6) is 0 Å². The van der Waals surface area contributed by atoms with E-state index in [2.05, 4.69) is 15.7 Å². The van der Waals surface area contributed by atoms with Crippen LogP contribution in [-0.2, 0) is 16.0 Å². The molecule has 3 amide bonds. The summed E-state index contributed by atoms with van der Waals surface area (Å²) in [5.41, 5.74) is 3.43. The highest BCUT2D eigenvalue weighted by Crippen LogP contribution is 2.16. The first-order valence-corrected chi connectivity index (χ1v) is 6.58. The zero-order valence-electron chi connectivity index (χ0n) is 11.8. The highest BCUT2D eigenvalue weighted by molar-refractivity contribution is 6.07. The van der Waals surface area contributed by atoms with Gasteiger partial charge in [-0.1, -0.05) is 6.92 Å². The van der Waals surface area contributed by atoms with E-state index in [4.69, 9.17) is 5.84 Å². The number of pyridine rings is 1. The number of piperazine rings is 1. The highest BCUT2D eigenvalue weighted by Gasteiger charge is 2.34. The van der Waals surface area contributed by atoms with E-state index in [1.807, 2.05) is 6.92 Å². The van der Waals surface area contributed by atoms with Crippen LogP contribution in [0.15, 0.2) is 12.1 Å². The van der Waals surface area contributed by atoms with Crippen molar-refractivity contribution in [3.05, 3.63) is 23.4 Å². The molecule has 21 heavy (non-hydrogen) atoms. The van der Waals surface area contributed by atoms with E-state index in [0.717, 1.165) is 0 Å². The molecule has 112 valence electrons. The van der Waals surface area contributed by atoms with Crippen molar-refractivity contribution in [3.8, 4) is 0 Å². The van der Waals surface area contributed by atoms with Crippen LogP contribution in [0.3, 0.4) is 0 Å². The third-order valence-electron chi connectivity index (χ3n) is 3.32. The number of imide groups is 1. The lowest BCUT2D eigenvalue weighted by atomic mass is 10.1. The number of hydrazine groups is 1. The van der Waals surface area contributed by atoms with E-state index in [9.17, 15) is 14.4 Å². The minimum Gasteiger partial charge on any atom is -0.318 e. The van der Waals surface area contributed by atoms with Gasteiger partial charge in [0, 0.05) is 11.3 Å². The molecule has 4 N–H and O–H groups in total. The number of nitrogens with one attached hydrogen (secondary N) is 2. The third kappa shape index (κ3) is 3.00. The van der Waals surface area contributed by atoms with Crippen molar-refractivity contribution in [1.29, 1.82) is 0 Å². The zero-order valence-corrected chi connectivity index (χ0v) is 11.8. The number of hydrogen-bond acceptors (Lipinski definition) is 6. The summed E-state index contributed by atoms with van der Waals surface area (Å²) < 4.78 is 0. The first-order chi connectivity index (χ1) is 9.96. The molecular formula is C13H17N5O3. The summed E-state index contributed by atoms with van der Waals surface area (Å²) in [4.78, 5) is 41.0. The molecule has 1 aromatic heterocycles. The number of amides is 3. The van der Waals surface area contributed by atoms with Gasteiger partial charge in [-0.05, 0) is 25.5 Å². The summed E-state index contributed by atoms with van der Waals surface area (Å²) in [6.07, 6.45) is 0.630. The number of carbonyl (C=O) groups is 3. The molecule has 1 atom stereocenters. The number of rotatable bonds is 3. The number of nitrogen functional groups attached to an aromatic ring is 1. The van der Waals surface area contributed by atoms with Gasteiger partial charge in [0.05, 0.1) is 0 Å². The quantitative estimate of drug-likeness (QED) is 0.389. The first-order valence-electron chi connectivity index (χ1n) is 6.58. The van der Waals surface area contributed by atoms with Gasteiger partial charge in [0.1, 0.15) is 18.4 Å². The van der Waals surface area contributed by atoms with Crippen LogP contribution in [0.2, 0.25) is 0 Å². The first kappa shape index (κ1) is 14.9. The average molecular weight is 291 g/mol. The van der Waals surface area contributed by atoms with E-state index in [0.29, 0.717) is 23.5 Å². The van der Waals surface area contributed by atoms with Gasteiger partial charge >= 0.3 is 0 Å². The van der Waals surface area contributed by atoms with Gasteiger partial charge in [-0.15, -0.1) is 0 Å². The Hall–Kier alpha value is -2.48. The summed E-state index contributed by atoms with van der Waals surface area (Å²) >= 11 is 0. The van der Waals surface area contributed by atoms with Crippen molar-refractivity contribution in [2.45, 2.75) is 26.3 Å². The number of nitrogens with two attached hydrogens (primary N) is 1. The van der Waals surface area contributed by atoms with Gasteiger partial charge in [-0.2, -0.15) is 0 Å². The van der Waals surface area contributed by atoms with Crippen molar-refractivity contribution < 1.29 is 14.4 Å². The maximum atomic E-state index is 12.5. The Morgan fingerprint density at radius 1 is 1.52 bits per heavy atom. The summed E-state index contributed by atoms with van der Waals surface area (Å²) in [5.74, 6) is 4.32. The molecule has 1 fully saturated rings. The van der Waals surface area contributed by atoms with Crippen molar-refractivity contribution >= 4 is 23.5 Å². The molecule has 1 aliphatic rings. The van der Waals surface area contributed by atoms with E-state index in [1.54, 1.807) is 13.0 Å². The topological polar surface area (TPSA) is 117 Å². The summed E-state index contributed by atoms with van der Waals surface area (Å²) in [7, 11) is 0. The van der Waals surface area contributed by atoms with Crippen LogP contribution >= 0.6 is 0 Å². The third-order valence-corrected chi connectivity index (χ3v) is 3.32. The smallest absolute Gasteiger partial charge is 0.255 e. The van der Waals surface area contributed by atoms with Gasteiger partial charge in [0.2, 0.25) is 11.8 Å². The molecule has 2 heterocycles. The number of carbonyl (C=O) groups excluding carboxylic acids is 3. The minimum atomic E-state index is -0.706. The van der Waals surface area contributed by atoms with Crippen molar-refractivity contribution in [1.82, 2.24) is 15.2 Å². The van der Waals surface area contributed by atoms with Crippen molar-refractivity contribution in [3.63, 3.8) is 0 Å². The van der Waals surface area contributed by atoms with Crippen LogP contribution in [0.4, 0.5) is 5.82 Å². The van der Waals surface area contributed by atoms with Gasteiger partial charge in [-0.25, -0.2) is 10.8 Å². The molecule has 0 bridgehead atoms. The van der Waals surface area contributed by atoms with Crippen LogP contribution in [0.1, 0.15) is 29.9 Å². The summed E-state index contributed by atoms with van der Waals surface area (Å²) in [5, 5.41) is 2.19. The van der Waals surface area contributed by atoms with Crippen molar-refractivity contribution in [2.24, 2.45) is 5.84 Å². The number of hydrogen-bond donors (Lipinski definition) is 3. The SMILES string of the molecule is CCc1cc(C(=O)N2CC(=O)NC(=O)C2C)cc(NN)n1. The Bertz CT molecular complexity index is 579. The molecule has 8 nitrogen and oxygen atoms in total. The number of aromatic nitrogens is 1. The Balaban J connectivity index is 2.34. The minimum absolute atomic E-state index is 0.152. The zero-order chi connectivity index (χ0) is 15.6. The Morgan fingerprint density at radius 3 is 2.86 bits per heavy atom. The van der Waals surface area contributed by atoms with Gasteiger partial charge in [0.15, 0.2) is 0 Å². The molecule has 0 spiro atoms. The molecule has 1 aliphatic heterocycles. The van der Waals surface area contributed by atoms with Gasteiger partial charge < -0.3 is 10.3 Å². The fourth-order valence-corrected chi connectivity index (χ4v) is 2.09. The second-order valence-electron chi connectivity index (χ2n) is 4.75. The lowest BCUT2D eigenvalue weighted by molar-refractivity contribution is -0.138. The van der Waals surface area contributed by atoms with Gasteiger partial charge in [0.25, 0.3) is 5.91 Å². The van der Waals surface area contributed by atoms with E-state index in [-0.39, 0.29) is 6.54 Å². The summed E-state index contributed by atoms with van der Waals surface area (Å²) in [6, 6.07) is 2.42. The molecule has 1 unspecified atom stereocenters. The molecule has 1 saturated heterocycles. The maximum absolute atomic E-state index is 12.5. The predicted molar refractivity (Wildman–Crippen MR) is 75.1 cm³/mol. The second-order valence-corrected chi connectivity index (χ2v) is 4.75. The molecule has 1 aromatic rings. The molecule has 8 heteroatoms. The van der Waals surface area contributed by atoms with Crippen LogP contribution in [0.25, 0.3) is 0 Å². The van der Waals surface area contributed by atoms with Crippen LogP contribution < -0.4 is 16.6 Å². The lowest BCUT2D eigenvalue weighted by Gasteiger charge is -2.31. The number of anilines is 1. The van der Waals surface area contributed by atoms with Crippen LogP contribution in [0, 0.1) is 0 Å². The fraction of sp³-hybridized carbons (Fsp3) is 0.385. The largest absolute Gasteiger partial charge is 0.318 e. The fourth-order valence-electron chi connectivity index (χ4n) is 2.09. The Labute approximate surface area is 121 Å². The van der Waals surface area contributed by atoms with Crippen LogP contribution in [-0.4, -0.2) is 40.2 Å². The van der Waals surface area contributed by atoms with Crippen molar-refractivity contribution in [2.75, 3.05) is 12.0 Å². The monoisotopic (exact) mass is 291 g/mol. The lowest BCUT2D eigenvalue weighted by Crippen LogP contribution is -2.58. The molecule has 0 aromatic carbocycles. The van der Waals surface area contributed by atoms with E-state index < -0.39 is 23.8 Å². The second kappa shape index (κ2) is 5.88. The van der Waals surface area contributed by atoms with Gasteiger partial charge in [-0.3, -0.25) is 19.7 Å². The summed E-state index contributed by atoms with van der Waals surface area (Å²) in [6.45, 7) is 3.32. The molecule has 0 aliphatic carbocycles.